The first-order valence-electron chi connectivity index (χ1n) is 12.0. The summed E-state index contributed by atoms with van der Waals surface area (Å²) in [5.41, 5.74) is 7.88. The zero-order chi connectivity index (χ0) is 23.5. The molecule has 0 radical (unpaired) electrons. The Morgan fingerprint density at radius 2 is 1.60 bits per heavy atom. The summed E-state index contributed by atoms with van der Waals surface area (Å²) in [6.45, 7) is 2.32. The lowest BCUT2D eigenvalue weighted by molar-refractivity contribution is 0.783. The summed E-state index contributed by atoms with van der Waals surface area (Å²) in [6.07, 6.45) is 5.64. The van der Waals surface area contributed by atoms with Crippen LogP contribution in [0.2, 0.25) is 0 Å². The Kier molecular flexibility index (Phi) is 4.46. The number of para-hydroxylation sites is 2. The average Bonchev–Trinajstić information content (AvgIpc) is 3.45. The van der Waals surface area contributed by atoms with Crippen molar-refractivity contribution in [2.45, 2.75) is 19.3 Å². The second-order valence-corrected chi connectivity index (χ2v) is 10.4. The van der Waals surface area contributed by atoms with Crippen LogP contribution in [-0.4, -0.2) is 4.57 Å². The molecule has 1 aliphatic carbocycles. The topological polar surface area (TPSA) is 28.7 Å². The van der Waals surface area contributed by atoms with Crippen LogP contribution < -0.4 is 0 Å². The third-order valence-electron chi connectivity index (χ3n) is 7.27. The SMILES string of the molecule is CC1CC=Cc2sc3cccc(-c4cc(C#N)ccc4-n4c5ccccc5c5ccccc54)c3c21. The molecule has 4 aromatic carbocycles. The number of nitriles is 1. The van der Waals surface area contributed by atoms with Crippen molar-refractivity contribution in [1.29, 1.82) is 5.26 Å². The Morgan fingerprint density at radius 3 is 2.34 bits per heavy atom. The summed E-state index contributed by atoms with van der Waals surface area (Å²) in [5.74, 6) is 0.473. The van der Waals surface area contributed by atoms with Gasteiger partial charge in [-0.2, -0.15) is 5.26 Å². The molecule has 0 spiro atoms. The second kappa shape index (κ2) is 7.70. The number of thiophene rings is 1. The van der Waals surface area contributed by atoms with Gasteiger partial charge in [0.1, 0.15) is 0 Å². The summed E-state index contributed by atoms with van der Waals surface area (Å²) < 4.78 is 3.67. The maximum absolute atomic E-state index is 9.82. The van der Waals surface area contributed by atoms with Crippen molar-refractivity contribution in [3.8, 4) is 22.9 Å². The van der Waals surface area contributed by atoms with Gasteiger partial charge in [-0.05, 0) is 65.9 Å². The molecule has 1 aliphatic rings. The van der Waals surface area contributed by atoms with E-state index >= 15 is 0 Å². The molecule has 0 N–H and O–H groups in total. The number of benzene rings is 4. The van der Waals surface area contributed by atoms with Gasteiger partial charge in [0.2, 0.25) is 0 Å². The van der Waals surface area contributed by atoms with Crippen molar-refractivity contribution in [3.63, 3.8) is 0 Å². The second-order valence-electron chi connectivity index (χ2n) is 9.31. The van der Waals surface area contributed by atoms with Gasteiger partial charge in [-0.15, -0.1) is 11.3 Å². The molecule has 2 heterocycles. The molecule has 2 aromatic heterocycles. The predicted octanol–water partition coefficient (Wildman–Crippen LogP) is 9.06. The number of fused-ring (bicyclic) bond motifs is 6. The van der Waals surface area contributed by atoms with Crippen LogP contribution in [0.3, 0.4) is 0 Å². The van der Waals surface area contributed by atoms with Crippen LogP contribution in [0.1, 0.15) is 35.3 Å². The van der Waals surface area contributed by atoms with Crippen LogP contribution in [0.5, 0.6) is 0 Å². The molecule has 0 saturated heterocycles. The van der Waals surface area contributed by atoms with Crippen LogP contribution in [0.4, 0.5) is 0 Å². The molecule has 166 valence electrons. The number of aromatic nitrogens is 1. The van der Waals surface area contributed by atoms with Crippen LogP contribution in [-0.2, 0) is 0 Å². The summed E-state index contributed by atoms with van der Waals surface area (Å²) in [7, 11) is 0. The lowest BCUT2D eigenvalue weighted by Gasteiger charge is -2.18. The summed E-state index contributed by atoms with van der Waals surface area (Å²) in [6, 6.07) is 32.3. The highest BCUT2D eigenvalue weighted by molar-refractivity contribution is 7.20. The fourth-order valence-corrected chi connectivity index (χ4v) is 7.01. The average molecular weight is 467 g/mol. The molecule has 6 aromatic rings. The first kappa shape index (κ1) is 20.3. The van der Waals surface area contributed by atoms with Gasteiger partial charge >= 0.3 is 0 Å². The molecule has 3 heteroatoms. The van der Waals surface area contributed by atoms with Gasteiger partial charge in [0, 0.05) is 31.3 Å². The van der Waals surface area contributed by atoms with E-state index in [0.717, 1.165) is 17.7 Å². The number of rotatable bonds is 2. The maximum Gasteiger partial charge on any atom is 0.0991 e. The Bertz CT molecular complexity index is 1810. The smallest absolute Gasteiger partial charge is 0.0991 e. The van der Waals surface area contributed by atoms with Crippen molar-refractivity contribution in [2.75, 3.05) is 0 Å². The number of allylic oxidation sites excluding steroid dienone is 1. The van der Waals surface area contributed by atoms with Crippen LogP contribution in [0.15, 0.2) is 91.0 Å². The molecular formula is C32H22N2S. The van der Waals surface area contributed by atoms with E-state index in [9.17, 15) is 5.26 Å². The molecule has 0 amide bonds. The fraction of sp³-hybridized carbons (Fsp3) is 0.0938. The van der Waals surface area contributed by atoms with Crippen molar-refractivity contribution >= 4 is 49.3 Å². The Balaban J connectivity index is 1.62. The normalized spacial score (nSPS) is 15.0. The highest BCUT2D eigenvalue weighted by Crippen LogP contribution is 2.46. The van der Waals surface area contributed by atoms with E-state index in [2.05, 4.69) is 109 Å². The molecule has 7 rings (SSSR count). The van der Waals surface area contributed by atoms with E-state index in [4.69, 9.17) is 0 Å². The summed E-state index contributed by atoms with van der Waals surface area (Å²) >= 11 is 1.87. The van der Waals surface area contributed by atoms with Crippen molar-refractivity contribution < 1.29 is 0 Å². The van der Waals surface area contributed by atoms with E-state index in [-0.39, 0.29) is 0 Å². The summed E-state index contributed by atoms with van der Waals surface area (Å²) in [4.78, 5) is 1.36. The van der Waals surface area contributed by atoms with Gasteiger partial charge in [0.05, 0.1) is 28.4 Å². The van der Waals surface area contributed by atoms with Crippen molar-refractivity contribution in [2.24, 2.45) is 0 Å². The van der Waals surface area contributed by atoms with Gasteiger partial charge in [0.15, 0.2) is 0 Å². The lowest BCUT2D eigenvalue weighted by atomic mass is 9.87. The zero-order valence-corrected chi connectivity index (χ0v) is 20.1. The predicted molar refractivity (Wildman–Crippen MR) is 148 cm³/mol. The van der Waals surface area contributed by atoms with Crippen molar-refractivity contribution in [3.05, 3.63) is 107 Å². The van der Waals surface area contributed by atoms with Crippen LogP contribution in [0.25, 0.3) is 54.8 Å². The first-order valence-corrected chi connectivity index (χ1v) is 12.8. The Hall–Kier alpha value is -4.13. The minimum Gasteiger partial charge on any atom is -0.309 e. The van der Waals surface area contributed by atoms with E-state index in [0.29, 0.717) is 11.5 Å². The van der Waals surface area contributed by atoms with Crippen molar-refractivity contribution in [1.82, 2.24) is 4.57 Å². The third-order valence-corrected chi connectivity index (χ3v) is 8.41. The Morgan fingerprint density at radius 1 is 0.857 bits per heavy atom. The van der Waals surface area contributed by atoms with Crippen LogP contribution >= 0.6 is 11.3 Å². The molecule has 1 unspecified atom stereocenters. The zero-order valence-electron chi connectivity index (χ0n) is 19.3. The van der Waals surface area contributed by atoms with Gasteiger partial charge in [-0.25, -0.2) is 0 Å². The van der Waals surface area contributed by atoms with Gasteiger partial charge < -0.3 is 4.57 Å². The molecule has 2 nitrogen and oxygen atoms in total. The van der Waals surface area contributed by atoms with Gasteiger partial charge in [-0.3, -0.25) is 0 Å². The molecular weight excluding hydrogens is 444 g/mol. The molecule has 0 fully saturated rings. The van der Waals surface area contributed by atoms with Gasteiger partial charge in [-0.1, -0.05) is 61.5 Å². The van der Waals surface area contributed by atoms with E-state index in [1.54, 1.807) is 0 Å². The number of nitrogens with zero attached hydrogens (tertiary/aromatic N) is 2. The van der Waals surface area contributed by atoms with E-state index in [1.807, 2.05) is 17.4 Å². The summed E-state index contributed by atoms with van der Waals surface area (Å²) in [5, 5.41) is 13.6. The lowest BCUT2D eigenvalue weighted by Crippen LogP contribution is -2.00. The standard InChI is InChI=1S/C32H22N2S/c1-20-8-6-14-29-31(20)32-24(11-7-15-30(32)35-29)25-18-21(19-33)16-17-28(25)34-26-12-4-2-9-22(26)23-10-3-5-13-27(23)34/h2-7,9-18,20H,8H2,1H3. The minimum atomic E-state index is 0.473. The molecule has 35 heavy (non-hydrogen) atoms. The van der Waals surface area contributed by atoms with E-state index in [1.165, 1.54) is 47.9 Å². The largest absolute Gasteiger partial charge is 0.309 e. The number of hydrogen-bond donors (Lipinski definition) is 0. The minimum absolute atomic E-state index is 0.473. The number of hydrogen-bond acceptors (Lipinski definition) is 2. The highest BCUT2D eigenvalue weighted by atomic mass is 32.1. The fourth-order valence-electron chi connectivity index (χ4n) is 5.72. The van der Waals surface area contributed by atoms with Gasteiger partial charge in [0.25, 0.3) is 0 Å². The molecule has 0 saturated carbocycles. The highest BCUT2D eigenvalue weighted by Gasteiger charge is 2.23. The first-order chi connectivity index (χ1) is 17.2. The molecule has 0 aliphatic heterocycles. The van der Waals surface area contributed by atoms with E-state index < -0.39 is 0 Å². The van der Waals surface area contributed by atoms with Crippen LogP contribution in [0, 0.1) is 11.3 Å². The quantitative estimate of drug-likeness (QED) is 0.250. The molecule has 1 atom stereocenters. The Labute approximate surface area is 208 Å². The monoisotopic (exact) mass is 466 g/mol. The molecule has 0 bridgehead atoms. The maximum atomic E-state index is 9.82. The third kappa shape index (κ3) is 2.94.